The largest absolute Gasteiger partial charge is 0.377 e. The summed E-state index contributed by atoms with van der Waals surface area (Å²) in [6, 6.07) is 7.06. The van der Waals surface area contributed by atoms with E-state index in [0.717, 1.165) is 26.0 Å². The van der Waals surface area contributed by atoms with Gasteiger partial charge in [0.2, 0.25) is 11.7 Å². The van der Waals surface area contributed by atoms with Gasteiger partial charge < -0.3 is 9.26 Å². The van der Waals surface area contributed by atoms with E-state index in [0.29, 0.717) is 36.0 Å². The Morgan fingerprint density at radius 1 is 1.12 bits per heavy atom. The fourth-order valence-corrected chi connectivity index (χ4v) is 3.91. The fraction of sp³-hybridized carbons (Fsp3) is 0.579. The molecular weight excluding hydrogens is 321 g/mol. The molecule has 4 rings (SSSR count). The molecule has 25 heavy (non-hydrogen) atoms. The zero-order valence-electron chi connectivity index (χ0n) is 14.4. The maximum Gasteiger partial charge on any atom is 0.241 e. The summed E-state index contributed by atoms with van der Waals surface area (Å²) in [5.41, 5.74) is 0.379. The van der Waals surface area contributed by atoms with Gasteiger partial charge >= 0.3 is 0 Å². The summed E-state index contributed by atoms with van der Waals surface area (Å²) in [5.74, 6) is 0.529. The van der Waals surface area contributed by atoms with Crippen molar-refractivity contribution in [2.45, 2.75) is 57.2 Å². The lowest BCUT2D eigenvalue weighted by atomic mass is 10.1. The molecule has 2 fully saturated rings. The van der Waals surface area contributed by atoms with Crippen molar-refractivity contribution in [2.75, 3.05) is 13.2 Å². The Morgan fingerprint density at radius 3 is 2.72 bits per heavy atom. The Hall–Kier alpha value is -1.79. The molecule has 1 saturated heterocycles. The zero-order chi connectivity index (χ0) is 17.1. The van der Waals surface area contributed by atoms with Crippen molar-refractivity contribution in [1.29, 1.82) is 0 Å². The number of rotatable bonds is 6. The van der Waals surface area contributed by atoms with E-state index in [-0.39, 0.29) is 5.82 Å². The van der Waals surface area contributed by atoms with E-state index in [1.54, 1.807) is 18.2 Å². The van der Waals surface area contributed by atoms with Crippen molar-refractivity contribution in [3.05, 3.63) is 36.0 Å². The smallest absolute Gasteiger partial charge is 0.241 e. The van der Waals surface area contributed by atoms with Gasteiger partial charge in [-0.25, -0.2) is 4.39 Å². The molecule has 0 radical (unpaired) electrons. The highest BCUT2D eigenvalue weighted by Gasteiger charge is 2.28. The van der Waals surface area contributed by atoms with E-state index in [1.807, 2.05) is 0 Å². The summed E-state index contributed by atoms with van der Waals surface area (Å²) >= 11 is 0. The predicted molar refractivity (Wildman–Crippen MR) is 91.3 cm³/mol. The Bertz CT molecular complexity index is 693. The molecule has 0 bridgehead atoms. The highest BCUT2D eigenvalue weighted by molar-refractivity contribution is 5.54. The van der Waals surface area contributed by atoms with Crippen LogP contribution in [0.25, 0.3) is 11.4 Å². The molecule has 1 saturated carbocycles. The third-order valence-corrected chi connectivity index (χ3v) is 5.22. The molecule has 1 aromatic carbocycles. The number of aromatic nitrogens is 2. The average molecular weight is 345 g/mol. The van der Waals surface area contributed by atoms with Crippen LogP contribution >= 0.6 is 0 Å². The topological polar surface area (TPSA) is 51.4 Å². The molecule has 1 atom stereocenters. The van der Waals surface area contributed by atoms with Crippen LogP contribution in [0.4, 0.5) is 4.39 Å². The summed E-state index contributed by atoms with van der Waals surface area (Å²) in [6.07, 6.45) is 7.53. The van der Waals surface area contributed by atoms with E-state index < -0.39 is 0 Å². The number of hydrogen-bond acceptors (Lipinski definition) is 5. The van der Waals surface area contributed by atoms with Crippen LogP contribution in [0.2, 0.25) is 0 Å². The summed E-state index contributed by atoms with van der Waals surface area (Å²) in [5, 5.41) is 3.97. The predicted octanol–water partition coefficient (Wildman–Crippen LogP) is 3.80. The van der Waals surface area contributed by atoms with Gasteiger partial charge in [-0.1, -0.05) is 30.1 Å². The molecule has 5 nitrogen and oxygen atoms in total. The number of ether oxygens (including phenoxy) is 1. The van der Waals surface area contributed by atoms with E-state index in [9.17, 15) is 4.39 Å². The molecule has 0 N–H and O–H groups in total. The van der Waals surface area contributed by atoms with E-state index in [4.69, 9.17) is 9.26 Å². The number of benzene rings is 1. The molecular formula is C19H24FN3O2. The van der Waals surface area contributed by atoms with Crippen LogP contribution in [0.1, 0.15) is 44.4 Å². The Kier molecular flexibility index (Phi) is 5.08. The maximum atomic E-state index is 13.9. The standard InChI is InChI=1S/C19H24FN3O2/c20-17-10-4-3-9-16(17)19-21-18(25-22-19)13-23(14-6-1-2-7-14)12-15-8-5-11-24-15/h3-4,9-10,14-15H,1-2,5-8,11-13H2. The van der Waals surface area contributed by atoms with Gasteiger partial charge in [0.25, 0.3) is 0 Å². The second-order valence-corrected chi connectivity index (χ2v) is 6.99. The first kappa shape index (κ1) is 16.7. The van der Waals surface area contributed by atoms with Gasteiger partial charge in [0, 0.05) is 19.2 Å². The Balaban J connectivity index is 1.48. The molecule has 2 aromatic rings. The van der Waals surface area contributed by atoms with Gasteiger partial charge in [-0.05, 0) is 37.8 Å². The van der Waals surface area contributed by atoms with Gasteiger partial charge in [0.05, 0.1) is 18.2 Å². The first-order chi connectivity index (χ1) is 12.3. The SMILES string of the molecule is Fc1ccccc1-c1noc(CN(CC2CCCO2)C2CCCC2)n1. The van der Waals surface area contributed by atoms with Crippen molar-refractivity contribution in [2.24, 2.45) is 0 Å². The summed E-state index contributed by atoms with van der Waals surface area (Å²) in [4.78, 5) is 6.85. The number of hydrogen-bond donors (Lipinski definition) is 0. The van der Waals surface area contributed by atoms with Crippen LogP contribution in [0.15, 0.2) is 28.8 Å². The second kappa shape index (κ2) is 7.62. The quantitative estimate of drug-likeness (QED) is 0.797. The Morgan fingerprint density at radius 2 is 1.96 bits per heavy atom. The van der Waals surface area contributed by atoms with E-state index >= 15 is 0 Å². The minimum atomic E-state index is -0.332. The van der Waals surface area contributed by atoms with Crippen molar-refractivity contribution in [1.82, 2.24) is 15.0 Å². The van der Waals surface area contributed by atoms with Gasteiger partial charge in [-0.2, -0.15) is 4.98 Å². The second-order valence-electron chi connectivity index (χ2n) is 6.99. The van der Waals surface area contributed by atoms with Crippen molar-refractivity contribution < 1.29 is 13.7 Å². The van der Waals surface area contributed by atoms with Gasteiger partial charge in [-0.3, -0.25) is 4.90 Å². The molecule has 2 aliphatic rings. The van der Waals surface area contributed by atoms with Crippen molar-refractivity contribution in [3.63, 3.8) is 0 Å². The first-order valence-electron chi connectivity index (χ1n) is 9.23. The van der Waals surface area contributed by atoms with Crippen LogP contribution in [-0.2, 0) is 11.3 Å². The lowest BCUT2D eigenvalue weighted by Crippen LogP contribution is -2.38. The maximum absolute atomic E-state index is 13.9. The molecule has 1 aliphatic carbocycles. The summed E-state index contributed by atoms with van der Waals surface area (Å²) in [7, 11) is 0. The summed E-state index contributed by atoms with van der Waals surface area (Å²) < 4.78 is 25.1. The van der Waals surface area contributed by atoms with Crippen LogP contribution in [0, 0.1) is 5.82 Å². The Labute approximate surface area is 147 Å². The van der Waals surface area contributed by atoms with Gasteiger partial charge in [0.1, 0.15) is 5.82 Å². The molecule has 1 aliphatic heterocycles. The fourth-order valence-electron chi connectivity index (χ4n) is 3.91. The van der Waals surface area contributed by atoms with Crippen LogP contribution in [0.5, 0.6) is 0 Å². The first-order valence-corrected chi connectivity index (χ1v) is 9.23. The van der Waals surface area contributed by atoms with Crippen molar-refractivity contribution >= 4 is 0 Å². The molecule has 2 heterocycles. The third-order valence-electron chi connectivity index (χ3n) is 5.22. The molecule has 134 valence electrons. The lowest BCUT2D eigenvalue weighted by Gasteiger charge is -2.29. The molecule has 0 amide bonds. The van der Waals surface area contributed by atoms with Crippen LogP contribution in [0.3, 0.4) is 0 Å². The number of halogens is 1. The monoisotopic (exact) mass is 345 g/mol. The minimum Gasteiger partial charge on any atom is -0.377 e. The van der Waals surface area contributed by atoms with Crippen molar-refractivity contribution in [3.8, 4) is 11.4 Å². The summed E-state index contributed by atoms with van der Waals surface area (Å²) in [6.45, 7) is 2.37. The molecule has 0 spiro atoms. The lowest BCUT2D eigenvalue weighted by molar-refractivity contribution is 0.0495. The molecule has 6 heteroatoms. The number of nitrogens with zero attached hydrogens (tertiary/aromatic N) is 3. The minimum absolute atomic E-state index is 0.301. The van der Waals surface area contributed by atoms with E-state index in [2.05, 4.69) is 15.0 Å². The van der Waals surface area contributed by atoms with Gasteiger partial charge in [0.15, 0.2) is 0 Å². The van der Waals surface area contributed by atoms with Crippen LogP contribution < -0.4 is 0 Å². The third kappa shape index (κ3) is 3.90. The normalized spacial score (nSPS) is 21.4. The highest BCUT2D eigenvalue weighted by Crippen LogP contribution is 2.27. The van der Waals surface area contributed by atoms with Gasteiger partial charge in [-0.15, -0.1) is 0 Å². The molecule has 1 aromatic heterocycles. The molecule has 1 unspecified atom stereocenters. The average Bonchev–Trinajstić information content (AvgIpc) is 3.38. The zero-order valence-corrected chi connectivity index (χ0v) is 14.4. The highest BCUT2D eigenvalue weighted by atomic mass is 19.1. The van der Waals surface area contributed by atoms with E-state index in [1.165, 1.54) is 31.7 Å². The van der Waals surface area contributed by atoms with Crippen LogP contribution in [-0.4, -0.2) is 40.3 Å².